The van der Waals surface area contributed by atoms with Crippen molar-refractivity contribution in [2.75, 3.05) is 34.4 Å². The summed E-state index contributed by atoms with van der Waals surface area (Å²) in [7, 11) is 0.0698. The van der Waals surface area contributed by atoms with Gasteiger partial charge in [-0.05, 0) is 31.1 Å². The molecule has 0 aromatic heterocycles. The monoisotopic (exact) mass is 381 g/mol. The predicted octanol–water partition coefficient (Wildman–Crippen LogP) is 2.32. The van der Waals surface area contributed by atoms with Crippen LogP contribution in [-0.2, 0) is 22.5 Å². The Morgan fingerprint density at radius 3 is 2.00 bits per heavy atom. The average molecular weight is 382 g/mol. The van der Waals surface area contributed by atoms with Crippen LogP contribution in [0.2, 0.25) is 24.2 Å². The van der Waals surface area contributed by atoms with Crippen molar-refractivity contribution < 1.29 is 27.6 Å². The Morgan fingerprint density at radius 2 is 1.62 bits per heavy atom. The summed E-state index contributed by atoms with van der Waals surface area (Å²) in [6.45, 7) is 11.3. The first-order valence-corrected chi connectivity index (χ1v) is 13.1. The number of carboxylic acids is 1. The molecule has 24 heavy (non-hydrogen) atoms. The molecule has 0 aromatic rings. The lowest BCUT2D eigenvalue weighted by Crippen LogP contribution is -2.49. The molecule has 0 rings (SSSR count). The van der Waals surface area contributed by atoms with Crippen molar-refractivity contribution in [2.45, 2.75) is 57.5 Å². The molecule has 0 amide bonds. The van der Waals surface area contributed by atoms with Crippen molar-refractivity contribution in [3.63, 3.8) is 0 Å². The van der Waals surface area contributed by atoms with Gasteiger partial charge in [0.15, 0.2) is 14.4 Å². The number of nitrogens with one attached hydrogen (secondary N) is 1. The Bertz CT molecular complexity index is 374. The third-order valence-electron chi connectivity index (χ3n) is 4.62. The highest BCUT2D eigenvalue weighted by molar-refractivity contribution is 6.74. The van der Waals surface area contributed by atoms with Gasteiger partial charge in [-0.1, -0.05) is 20.8 Å². The van der Waals surface area contributed by atoms with E-state index in [4.69, 9.17) is 17.7 Å². The highest BCUT2D eigenvalue weighted by Crippen LogP contribution is 2.37. The molecule has 144 valence electrons. The summed E-state index contributed by atoms with van der Waals surface area (Å²) >= 11 is 0. The second-order valence-electron chi connectivity index (χ2n) is 7.31. The number of aliphatic carboxylic acids is 1. The summed E-state index contributed by atoms with van der Waals surface area (Å²) < 4.78 is 22.1. The Hall–Kier alpha value is -0.296. The molecule has 0 saturated carbocycles. The van der Waals surface area contributed by atoms with Crippen LogP contribution in [-0.4, -0.2) is 68.7 Å². The molecular formula is C15H35NO6Si2. The first-order chi connectivity index (χ1) is 10.9. The largest absolute Gasteiger partial charge is 0.500 e. The number of carbonyl (C=O) groups is 1. The van der Waals surface area contributed by atoms with Gasteiger partial charge in [0.1, 0.15) is 0 Å². The molecule has 9 heteroatoms. The zero-order chi connectivity index (χ0) is 19.0. The summed E-state index contributed by atoms with van der Waals surface area (Å²) in [4.78, 5) is 11.5. The quantitative estimate of drug-likeness (QED) is 0.396. The van der Waals surface area contributed by atoms with Gasteiger partial charge >= 0.3 is 14.8 Å². The normalized spacial score (nSPS) is 14.7. The van der Waals surface area contributed by atoms with Crippen LogP contribution < -0.4 is 5.32 Å². The van der Waals surface area contributed by atoms with E-state index >= 15 is 0 Å². The van der Waals surface area contributed by atoms with Gasteiger partial charge in [-0.2, -0.15) is 0 Å². The summed E-state index contributed by atoms with van der Waals surface area (Å²) in [5, 5.41) is 12.5. The van der Waals surface area contributed by atoms with E-state index in [0.29, 0.717) is 12.6 Å². The van der Waals surface area contributed by atoms with Crippen LogP contribution in [0.4, 0.5) is 0 Å². The molecule has 0 bridgehead atoms. The van der Waals surface area contributed by atoms with E-state index in [9.17, 15) is 9.90 Å². The van der Waals surface area contributed by atoms with E-state index in [1.165, 1.54) is 0 Å². The molecule has 0 saturated heterocycles. The maximum atomic E-state index is 11.5. The van der Waals surface area contributed by atoms with Crippen molar-refractivity contribution in [1.29, 1.82) is 0 Å². The standard InChI is InChI=1S/C15H35NO6Si2/c1-15(2,3)23(7,8)22-13(14(17)18)12-16-10-9-11-24(19-4,20-5)21-6/h13,16H,9-12H2,1-8H3,(H,17,18). The van der Waals surface area contributed by atoms with E-state index in [1.54, 1.807) is 21.3 Å². The first-order valence-electron chi connectivity index (χ1n) is 8.21. The van der Waals surface area contributed by atoms with Gasteiger partial charge in [-0.25, -0.2) is 4.79 Å². The number of rotatable bonds is 12. The molecule has 7 nitrogen and oxygen atoms in total. The molecule has 0 fully saturated rings. The highest BCUT2D eigenvalue weighted by atomic mass is 28.4. The molecule has 0 spiro atoms. The van der Waals surface area contributed by atoms with Crippen LogP contribution in [0.3, 0.4) is 0 Å². The third kappa shape index (κ3) is 7.30. The summed E-state index contributed by atoms with van der Waals surface area (Å²) in [6, 6.07) is 0.671. The lowest BCUT2D eigenvalue weighted by atomic mass is 10.2. The fraction of sp³-hybridized carbons (Fsp3) is 0.933. The second kappa shape index (κ2) is 10.00. The third-order valence-corrected chi connectivity index (χ3v) is 11.9. The van der Waals surface area contributed by atoms with Gasteiger partial charge in [0.25, 0.3) is 0 Å². The Balaban J connectivity index is 4.41. The van der Waals surface area contributed by atoms with Crippen molar-refractivity contribution in [3.05, 3.63) is 0 Å². The number of carboxylic acid groups (broad SMARTS) is 1. The fourth-order valence-corrected chi connectivity index (χ4v) is 4.90. The van der Waals surface area contributed by atoms with Crippen LogP contribution in [0.5, 0.6) is 0 Å². The van der Waals surface area contributed by atoms with Crippen LogP contribution in [0.25, 0.3) is 0 Å². The molecular weight excluding hydrogens is 346 g/mol. The summed E-state index contributed by atoms with van der Waals surface area (Å²) in [6.07, 6.45) is -0.0612. The van der Waals surface area contributed by atoms with E-state index < -0.39 is 29.2 Å². The van der Waals surface area contributed by atoms with Gasteiger partial charge in [0.05, 0.1) is 0 Å². The Labute approximate surface area is 148 Å². The molecule has 1 unspecified atom stereocenters. The Morgan fingerprint density at radius 1 is 1.12 bits per heavy atom. The smallest absolute Gasteiger partial charge is 0.479 e. The topological polar surface area (TPSA) is 86.3 Å². The lowest BCUT2D eigenvalue weighted by molar-refractivity contribution is -0.145. The maximum absolute atomic E-state index is 11.5. The van der Waals surface area contributed by atoms with E-state index in [2.05, 4.69) is 39.2 Å². The minimum atomic E-state index is -2.56. The van der Waals surface area contributed by atoms with Crippen molar-refractivity contribution in [1.82, 2.24) is 5.32 Å². The van der Waals surface area contributed by atoms with Crippen molar-refractivity contribution in [2.24, 2.45) is 0 Å². The molecule has 0 radical (unpaired) electrons. The van der Waals surface area contributed by atoms with Crippen LogP contribution >= 0.6 is 0 Å². The van der Waals surface area contributed by atoms with Gasteiger partial charge in [-0.15, -0.1) is 0 Å². The average Bonchev–Trinajstić information content (AvgIpc) is 2.49. The summed E-state index contributed by atoms with van der Waals surface area (Å²) in [5.74, 6) is -0.929. The molecule has 0 aliphatic carbocycles. The van der Waals surface area contributed by atoms with Gasteiger partial charge in [0.2, 0.25) is 0 Å². The Kier molecular flexibility index (Phi) is 9.88. The lowest BCUT2D eigenvalue weighted by Gasteiger charge is -2.38. The zero-order valence-corrected chi connectivity index (χ0v) is 18.4. The van der Waals surface area contributed by atoms with Crippen LogP contribution in [0.1, 0.15) is 27.2 Å². The van der Waals surface area contributed by atoms with Crippen LogP contribution in [0.15, 0.2) is 0 Å². The fourth-order valence-electron chi connectivity index (χ4n) is 1.93. The summed E-state index contributed by atoms with van der Waals surface area (Å²) in [5.41, 5.74) is 0. The van der Waals surface area contributed by atoms with Crippen LogP contribution in [0, 0.1) is 0 Å². The zero-order valence-electron chi connectivity index (χ0n) is 16.4. The SMILES string of the molecule is CO[Si](CCCNCC(O[Si](C)(C)C(C)(C)C)C(=O)O)(OC)OC. The molecule has 0 aliphatic heterocycles. The van der Waals surface area contributed by atoms with Gasteiger partial charge in [0, 0.05) is 33.9 Å². The molecule has 0 heterocycles. The maximum Gasteiger partial charge on any atom is 0.500 e. The van der Waals surface area contributed by atoms with E-state index in [-0.39, 0.29) is 11.6 Å². The number of hydrogen-bond acceptors (Lipinski definition) is 6. The minimum Gasteiger partial charge on any atom is -0.479 e. The second-order valence-corrected chi connectivity index (χ2v) is 15.2. The van der Waals surface area contributed by atoms with Crippen molar-refractivity contribution in [3.8, 4) is 0 Å². The minimum absolute atomic E-state index is 0.0265. The molecule has 1 atom stereocenters. The number of hydrogen-bond donors (Lipinski definition) is 2. The van der Waals surface area contributed by atoms with E-state index in [1.807, 2.05) is 0 Å². The molecule has 0 aliphatic rings. The molecule has 2 N–H and O–H groups in total. The first kappa shape index (κ1) is 23.7. The van der Waals surface area contributed by atoms with Crippen molar-refractivity contribution >= 4 is 23.1 Å². The highest BCUT2D eigenvalue weighted by Gasteiger charge is 2.41. The molecule has 0 aromatic carbocycles. The van der Waals surface area contributed by atoms with E-state index in [0.717, 1.165) is 6.42 Å². The predicted molar refractivity (Wildman–Crippen MR) is 98.8 cm³/mol. The van der Waals surface area contributed by atoms with Gasteiger partial charge < -0.3 is 28.1 Å². The van der Waals surface area contributed by atoms with Gasteiger partial charge in [-0.3, -0.25) is 0 Å².